The Hall–Kier alpha value is -1.46. The SMILES string of the molecule is O=C(N[C@@H]1CCNC[C@H]1O)C12CC3C[C@@](CF)(C1)C[C@](c1ccccc1)(C3)C2. The first-order valence-corrected chi connectivity index (χ1v) is 10.8. The number of piperidine rings is 1. The van der Waals surface area contributed by atoms with Crippen LogP contribution in [0.25, 0.3) is 0 Å². The molecule has 1 aromatic rings. The molecule has 1 saturated heterocycles. The lowest BCUT2D eigenvalue weighted by Crippen LogP contribution is -2.65. The van der Waals surface area contributed by atoms with E-state index in [9.17, 15) is 14.3 Å². The van der Waals surface area contributed by atoms with Gasteiger partial charge in [-0.1, -0.05) is 30.3 Å². The molecule has 0 radical (unpaired) electrons. The number of halogens is 1. The van der Waals surface area contributed by atoms with Crippen molar-refractivity contribution < 1.29 is 14.3 Å². The first kappa shape index (κ1) is 18.6. The van der Waals surface area contributed by atoms with Gasteiger partial charge in [0.05, 0.1) is 24.2 Å². The topological polar surface area (TPSA) is 61.4 Å². The zero-order valence-electron chi connectivity index (χ0n) is 16.4. The molecular formula is C23H31FN2O2. The quantitative estimate of drug-likeness (QED) is 0.746. The number of rotatable bonds is 4. The number of aliphatic hydroxyl groups excluding tert-OH is 1. The Balaban J connectivity index is 1.48. The van der Waals surface area contributed by atoms with Crippen LogP contribution in [0, 0.1) is 16.7 Å². The number of benzene rings is 1. The molecule has 3 N–H and O–H groups in total. The highest BCUT2D eigenvalue weighted by molar-refractivity contribution is 5.84. The van der Waals surface area contributed by atoms with Crippen LogP contribution in [0.3, 0.4) is 0 Å². The van der Waals surface area contributed by atoms with Gasteiger partial charge in [0.2, 0.25) is 5.91 Å². The van der Waals surface area contributed by atoms with Gasteiger partial charge in [-0.05, 0) is 68.4 Å². The Kier molecular flexibility index (Phi) is 4.33. The average Bonchev–Trinajstić information content (AvgIpc) is 2.69. The molecule has 5 fully saturated rings. The van der Waals surface area contributed by atoms with Crippen molar-refractivity contribution in [3.63, 3.8) is 0 Å². The highest BCUT2D eigenvalue weighted by atomic mass is 19.1. The molecule has 5 aliphatic rings. The average molecular weight is 387 g/mol. The maximum absolute atomic E-state index is 14.4. The number of aliphatic hydroxyl groups is 1. The van der Waals surface area contributed by atoms with E-state index in [2.05, 4.69) is 34.9 Å². The van der Waals surface area contributed by atoms with Crippen LogP contribution >= 0.6 is 0 Å². The second-order valence-electron chi connectivity index (χ2n) is 10.2. The molecule has 6 atom stereocenters. The Morgan fingerprint density at radius 2 is 2.00 bits per heavy atom. The second kappa shape index (κ2) is 6.53. The van der Waals surface area contributed by atoms with Crippen molar-refractivity contribution in [1.29, 1.82) is 0 Å². The first-order chi connectivity index (χ1) is 13.5. The first-order valence-electron chi connectivity index (χ1n) is 10.8. The van der Waals surface area contributed by atoms with E-state index in [1.54, 1.807) is 0 Å². The minimum absolute atomic E-state index is 0.0562. The summed E-state index contributed by atoms with van der Waals surface area (Å²) < 4.78 is 14.4. The third kappa shape index (κ3) is 2.81. The van der Waals surface area contributed by atoms with Gasteiger partial charge in [-0.15, -0.1) is 0 Å². The molecule has 28 heavy (non-hydrogen) atoms. The van der Waals surface area contributed by atoms with Crippen molar-refractivity contribution in [2.75, 3.05) is 19.8 Å². The van der Waals surface area contributed by atoms with Crippen LogP contribution in [-0.2, 0) is 10.2 Å². The number of amides is 1. The molecular weight excluding hydrogens is 355 g/mol. The largest absolute Gasteiger partial charge is 0.390 e. The predicted octanol–water partition coefficient (Wildman–Crippen LogP) is 2.70. The summed E-state index contributed by atoms with van der Waals surface area (Å²) in [6.45, 7) is 0.992. The summed E-state index contributed by atoms with van der Waals surface area (Å²) in [5.74, 6) is 0.469. The van der Waals surface area contributed by atoms with Crippen LogP contribution in [0.5, 0.6) is 0 Å². The molecule has 6 rings (SSSR count). The molecule has 152 valence electrons. The summed E-state index contributed by atoms with van der Waals surface area (Å²) >= 11 is 0. The molecule has 4 aliphatic carbocycles. The molecule has 5 heteroatoms. The van der Waals surface area contributed by atoms with Gasteiger partial charge in [0.15, 0.2) is 0 Å². The summed E-state index contributed by atoms with van der Waals surface area (Å²) in [6.07, 6.45) is 5.39. The summed E-state index contributed by atoms with van der Waals surface area (Å²) in [4.78, 5) is 13.6. The van der Waals surface area contributed by atoms with Gasteiger partial charge in [0.25, 0.3) is 0 Å². The normalized spacial score (nSPS) is 44.4. The third-order valence-electron chi connectivity index (χ3n) is 8.10. The second-order valence-corrected chi connectivity index (χ2v) is 10.2. The van der Waals surface area contributed by atoms with E-state index in [0.29, 0.717) is 18.9 Å². The van der Waals surface area contributed by atoms with E-state index in [-0.39, 0.29) is 29.5 Å². The number of carbonyl (C=O) groups excluding carboxylic acids is 1. The fourth-order valence-electron chi connectivity index (χ4n) is 7.49. The maximum atomic E-state index is 14.4. The lowest BCUT2D eigenvalue weighted by atomic mass is 9.38. The minimum Gasteiger partial charge on any atom is -0.390 e. The van der Waals surface area contributed by atoms with Crippen molar-refractivity contribution in [2.45, 2.75) is 62.5 Å². The van der Waals surface area contributed by atoms with Crippen molar-refractivity contribution in [1.82, 2.24) is 10.6 Å². The number of carbonyl (C=O) groups is 1. The van der Waals surface area contributed by atoms with Gasteiger partial charge in [0, 0.05) is 12.0 Å². The number of nitrogens with one attached hydrogen (secondary N) is 2. The smallest absolute Gasteiger partial charge is 0.226 e. The van der Waals surface area contributed by atoms with Crippen molar-refractivity contribution in [3.8, 4) is 0 Å². The molecule has 4 nitrogen and oxygen atoms in total. The molecule has 1 amide bonds. The van der Waals surface area contributed by atoms with Gasteiger partial charge in [-0.25, -0.2) is 0 Å². The summed E-state index contributed by atoms with van der Waals surface area (Å²) in [7, 11) is 0. The number of hydrogen-bond donors (Lipinski definition) is 3. The summed E-state index contributed by atoms with van der Waals surface area (Å²) in [5, 5.41) is 16.6. The van der Waals surface area contributed by atoms with Crippen LogP contribution in [0.1, 0.15) is 50.5 Å². The molecule has 0 spiro atoms. The summed E-state index contributed by atoms with van der Waals surface area (Å²) in [6, 6.07) is 10.3. The van der Waals surface area contributed by atoms with E-state index in [4.69, 9.17) is 0 Å². The lowest BCUT2D eigenvalue weighted by molar-refractivity contribution is -0.166. The van der Waals surface area contributed by atoms with E-state index in [1.165, 1.54) is 5.56 Å². The van der Waals surface area contributed by atoms with Crippen molar-refractivity contribution in [2.24, 2.45) is 16.7 Å². The highest BCUT2D eigenvalue weighted by Crippen LogP contribution is 2.70. The highest BCUT2D eigenvalue weighted by Gasteiger charge is 2.66. The zero-order valence-corrected chi connectivity index (χ0v) is 16.4. The molecule has 2 unspecified atom stereocenters. The number of β-amino-alcohol motifs (C(OH)–C–C–N with tert-alkyl or cyclic N) is 1. The number of hydrogen-bond acceptors (Lipinski definition) is 3. The Morgan fingerprint density at radius 1 is 1.18 bits per heavy atom. The Bertz CT molecular complexity index is 758. The van der Waals surface area contributed by atoms with E-state index >= 15 is 0 Å². The van der Waals surface area contributed by atoms with Crippen LogP contribution < -0.4 is 10.6 Å². The van der Waals surface area contributed by atoms with Crippen LogP contribution in [0.4, 0.5) is 4.39 Å². The molecule has 1 aromatic carbocycles. The molecule has 0 aromatic heterocycles. The van der Waals surface area contributed by atoms with E-state index in [1.807, 2.05) is 6.07 Å². The number of alkyl halides is 1. The predicted molar refractivity (Wildman–Crippen MR) is 106 cm³/mol. The summed E-state index contributed by atoms with van der Waals surface area (Å²) in [5.41, 5.74) is 0.332. The lowest BCUT2D eigenvalue weighted by Gasteiger charge is -2.65. The Labute approximate surface area is 166 Å². The van der Waals surface area contributed by atoms with Gasteiger partial charge in [-0.3, -0.25) is 9.18 Å². The van der Waals surface area contributed by atoms with Gasteiger partial charge in [0.1, 0.15) is 0 Å². The monoisotopic (exact) mass is 386 g/mol. The standard InChI is InChI=1S/C23H31FN2O2/c24-15-21-8-16-9-22(12-21,17-4-2-1-3-5-17)14-23(10-16,13-21)20(28)26-18-6-7-25-11-19(18)27/h1-5,16,18-19,25,27H,6-15H2,(H,26,28)/t16?,18-,19-,21+,22-,23?/m1/s1. The van der Waals surface area contributed by atoms with Gasteiger partial charge in [-0.2, -0.15) is 0 Å². The van der Waals surface area contributed by atoms with Crippen LogP contribution in [0.15, 0.2) is 30.3 Å². The van der Waals surface area contributed by atoms with Crippen LogP contribution in [-0.4, -0.2) is 42.9 Å². The van der Waals surface area contributed by atoms with Gasteiger partial charge >= 0.3 is 0 Å². The molecule has 4 saturated carbocycles. The van der Waals surface area contributed by atoms with Gasteiger partial charge < -0.3 is 15.7 Å². The molecule has 4 bridgehead atoms. The van der Waals surface area contributed by atoms with E-state index < -0.39 is 11.5 Å². The van der Waals surface area contributed by atoms with E-state index in [0.717, 1.165) is 45.1 Å². The fourth-order valence-corrected chi connectivity index (χ4v) is 7.49. The minimum atomic E-state index is -0.551. The van der Waals surface area contributed by atoms with Crippen molar-refractivity contribution >= 4 is 5.91 Å². The molecule has 1 aliphatic heterocycles. The zero-order chi connectivity index (χ0) is 19.4. The third-order valence-corrected chi connectivity index (χ3v) is 8.10. The van der Waals surface area contributed by atoms with Crippen molar-refractivity contribution in [3.05, 3.63) is 35.9 Å². The molecule has 1 heterocycles. The fraction of sp³-hybridized carbons (Fsp3) is 0.696. The van der Waals surface area contributed by atoms with Crippen LogP contribution in [0.2, 0.25) is 0 Å². The Morgan fingerprint density at radius 3 is 2.75 bits per heavy atom. The maximum Gasteiger partial charge on any atom is 0.226 e.